The third-order valence-electron chi connectivity index (χ3n) is 2.13. The van der Waals surface area contributed by atoms with Crippen molar-refractivity contribution in [2.45, 2.75) is 0 Å². The Balaban J connectivity index is 2.62. The van der Waals surface area contributed by atoms with Crippen molar-refractivity contribution in [3.63, 3.8) is 0 Å². The summed E-state index contributed by atoms with van der Waals surface area (Å²) in [6.45, 7) is 0. The average molecular weight is 241 g/mol. The van der Waals surface area contributed by atoms with Gasteiger partial charge < -0.3 is 5.11 Å². The average Bonchev–Trinajstić information content (AvgIpc) is 2.20. The van der Waals surface area contributed by atoms with E-state index in [9.17, 15) is 13.9 Å². The fraction of sp³-hybridized carbons (Fsp3) is 0. The highest BCUT2D eigenvalue weighted by Gasteiger charge is 2.08. The van der Waals surface area contributed by atoms with Crippen LogP contribution in [-0.2, 0) is 0 Å². The summed E-state index contributed by atoms with van der Waals surface area (Å²) in [6, 6.07) is 7.36. The molecule has 0 radical (unpaired) electrons. The van der Waals surface area contributed by atoms with Crippen LogP contribution in [0.25, 0.3) is 11.1 Å². The minimum atomic E-state index is -0.700. The van der Waals surface area contributed by atoms with Crippen molar-refractivity contribution in [3.05, 3.63) is 53.1 Å². The lowest BCUT2D eigenvalue weighted by Crippen LogP contribution is -1.85. The Bertz CT molecular complexity index is 520. The maximum Gasteiger partial charge on any atom is 0.126 e. The monoisotopic (exact) mass is 240 g/mol. The van der Waals surface area contributed by atoms with Crippen molar-refractivity contribution >= 4 is 11.6 Å². The van der Waals surface area contributed by atoms with E-state index in [2.05, 4.69) is 0 Å². The van der Waals surface area contributed by atoms with E-state index in [1.54, 1.807) is 0 Å². The van der Waals surface area contributed by atoms with Gasteiger partial charge in [-0.2, -0.15) is 0 Å². The highest BCUT2D eigenvalue weighted by molar-refractivity contribution is 6.31. The van der Waals surface area contributed by atoms with Crippen LogP contribution in [-0.4, -0.2) is 5.11 Å². The normalized spacial score (nSPS) is 10.4. The Hall–Kier alpha value is -1.61. The first kappa shape index (κ1) is 10.9. The first-order valence-corrected chi connectivity index (χ1v) is 4.89. The predicted molar refractivity (Wildman–Crippen MR) is 58.5 cm³/mol. The van der Waals surface area contributed by atoms with Gasteiger partial charge in [0.1, 0.15) is 17.4 Å². The fourth-order valence-electron chi connectivity index (χ4n) is 1.45. The molecule has 0 fully saturated rings. The standard InChI is InChI=1S/C12H7ClF2O/c13-8-1-2-12(16)11(5-8)7-3-9(14)6-10(15)4-7/h1-6,16H. The largest absolute Gasteiger partial charge is 0.507 e. The van der Waals surface area contributed by atoms with E-state index in [4.69, 9.17) is 11.6 Å². The van der Waals surface area contributed by atoms with E-state index < -0.39 is 11.6 Å². The summed E-state index contributed by atoms with van der Waals surface area (Å²) in [6.07, 6.45) is 0. The second kappa shape index (κ2) is 4.10. The van der Waals surface area contributed by atoms with Gasteiger partial charge in [0.2, 0.25) is 0 Å². The van der Waals surface area contributed by atoms with Gasteiger partial charge in [0.25, 0.3) is 0 Å². The van der Waals surface area contributed by atoms with Gasteiger partial charge in [0.05, 0.1) is 0 Å². The Labute approximate surface area is 95.9 Å². The highest BCUT2D eigenvalue weighted by atomic mass is 35.5. The molecular formula is C12H7ClF2O. The number of benzene rings is 2. The molecule has 0 bridgehead atoms. The minimum Gasteiger partial charge on any atom is -0.507 e. The number of hydrogen-bond acceptors (Lipinski definition) is 1. The zero-order chi connectivity index (χ0) is 11.7. The molecule has 0 saturated heterocycles. The molecule has 0 amide bonds. The maximum atomic E-state index is 13.0. The maximum absolute atomic E-state index is 13.0. The molecule has 1 N–H and O–H groups in total. The Morgan fingerprint density at radius 1 is 0.938 bits per heavy atom. The summed E-state index contributed by atoms with van der Waals surface area (Å²) < 4.78 is 26.0. The molecule has 82 valence electrons. The summed E-state index contributed by atoms with van der Waals surface area (Å²) >= 11 is 5.75. The van der Waals surface area contributed by atoms with Crippen LogP contribution in [0.5, 0.6) is 5.75 Å². The van der Waals surface area contributed by atoms with Gasteiger partial charge in [0, 0.05) is 16.7 Å². The molecule has 2 aromatic carbocycles. The molecule has 0 saturated carbocycles. The van der Waals surface area contributed by atoms with E-state index in [1.165, 1.54) is 18.2 Å². The number of aromatic hydroxyl groups is 1. The van der Waals surface area contributed by atoms with Crippen LogP contribution in [0.2, 0.25) is 5.02 Å². The molecule has 0 aliphatic heterocycles. The molecule has 2 rings (SSSR count). The molecule has 0 spiro atoms. The van der Waals surface area contributed by atoms with Gasteiger partial charge in [-0.25, -0.2) is 8.78 Å². The Morgan fingerprint density at radius 2 is 1.56 bits per heavy atom. The van der Waals surface area contributed by atoms with Crippen molar-refractivity contribution < 1.29 is 13.9 Å². The van der Waals surface area contributed by atoms with Crippen LogP contribution in [0.4, 0.5) is 8.78 Å². The molecule has 0 aliphatic rings. The molecule has 0 atom stereocenters. The van der Waals surface area contributed by atoms with E-state index in [1.807, 2.05) is 0 Å². The molecule has 2 aromatic rings. The lowest BCUT2D eigenvalue weighted by atomic mass is 10.0. The van der Waals surface area contributed by atoms with Crippen LogP contribution in [0, 0.1) is 11.6 Å². The van der Waals surface area contributed by atoms with Crippen LogP contribution in [0.15, 0.2) is 36.4 Å². The topological polar surface area (TPSA) is 20.2 Å². The van der Waals surface area contributed by atoms with Gasteiger partial charge in [-0.05, 0) is 35.9 Å². The quantitative estimate of drug-likeness (QED) is 0.799. The van der Waals surface area contributed by atoms with Crippen molar-refractivity contribution in [2.24, 2.45) is 0 Å². The summed E-state index contributed by atoms with van der Waals surface area (Å²) in [5.41, 5.74) is 0.545. The summed E-state index contributed by atoms with van der Waals surface area (Å²) in [4.78, 5) is 0. The van der Waals surface area contributed by atoms with E-state index in [-0.39, 0.29) is 11.3 Å². The van der Waals surface area contributed by atoms with Crippen molar-refractivity contribution in [1.82, 2.24) is 0 Å². The van der Waals surface area contributed by atoms with Crippen molar-refractivity contribution in [2.75, 3.05) is 0 Å². The van der Waals surface area contributed by atoms with E-state index in [0.717, 1.165) is 18.2 Å². The van der Waals surface area contributed by atoms with E-state index >= 15 is 0 Å². The predicted octanol–water partition coefficient (Wildman–Crippen LogP) is 3.99. The molecule has 4 heteroatoms. The van der Waals surface area contributed by atoms with Gasteiger partial charge >= 0.3 is 0 Å². The van der Waals surface area contributed by atoms with Crippen LogP contribution in [0.1, 0.15) is 0 Å². The Morgan fingerprint density at radius 3 is 2.19 bits per heavy atom. The minimum absolute atomic E-state index is 0.0746. The van der Waals surface area contributed by atoms with Gasteiger partial charge in [-0.15, -0.1) is 0 Å². The number of phenolic OH excluding ortho intramolecular Hbond substituents is 1. The highest BCUT2D eigenvalue weighted by Crippen LogP contribution is 2.32. The van der Waals surface area contributed by atoms with Gasteiger partial charge in [-0.1, -0.05) is 11.6 Å². The second-order valence-electron chi connectivity index (χ2n) is 3.32. The molecule has 0 unspecified atom stereocenters. The number of phenols is 1. The van der Waals surface area contributed by atoms with Crippen LogP contribution in [0.3, 0.4) is 0 Å². The SMILES string of the molecule is Oc1ccc(Cl)cc1-c1cc(F)cc(F)c1. The Kier molecular flexibility index (Phi) is 2.79. The molecule has 0 aromatic heterocycles. The van der Waals surface area contributed by atoms with Gasteiger partial charge in [0.15, 0.2) is 0 Å². The lowest BCUT2D eigenvalue weighted by Gasteiger charge is -2.05. The first-order chi connectivity index (χ1) is 7.56. The lowest BCUT2D eigenvalue weighted by molar-refractivity contribution is 0.477. The number of rotatable bonds is 1. The fourth-order valence-corrected chi connectivity index (χ4v) is 1.62. The molecular weight excluding hydrogens is 234 g/mol. The van der Waals surface area contributed by atoms with Crippen molar-refractivity contribution in [3.8, 4) is 16.9 Å². The summed E-state index contributed by atoms with van der Waals surface area (Å²) in [5.74, 6) is -1.47. The number of hydrogen-bond donors (Lipinski definition) is 1. The third-order valence-corrected chi connectivity index (χ3v) is 2.37. The summed E-state index contributed by atoms with van der Waals surface area (Å²) in [7, 11) is 0. The van der Waals surface area contributed by atoms with Crippen LogP contribution >= 0.6 is 11.6 Å². The zero-order valence-electron chi connectivity index (χ0n) is 8.05. The number of halogens is 3. The van der Waals surface area contributed by atoms with E-state index in [0.29, 0.717) is 10.6 Å². The first-order valence-electron chi connectivity index (χ1n) is 4.51. The second-order valence-corrected chi connectivity index (χ2v) is 3.76. The smallest absolute Gasteiger partial charge is 0.126 e. The molecule has 1 nitrogen and oxygen atoms in total. The molecule has 16 heavy (non-hydrogen) atoms. The molecule has 0 heterocycles. The molecule has 0 aliphatic carbocycles. The van der Waals surface area contributed by atoms with Crippen molar-refractivity contribution in [1.29, 1.82) is 0 Å². The van der Waals surface area contributed by atoms with Crippen LogP contribution < -0.4 is 0 Å². The zero-order valence-corrected chi connectivity index (χ0v) is 8.80. The van der Waals surface area contributed by atoms with Gasteiger partial charge in [-0.3, -0.25) is 0 Å². The third kappa shape index (κ3) is 2.14. The summed E-state index contributed by atoms with van der Waals surface area (Å²) in [5, 5.41) is 9.95.